The van der Waals surface area contributed by atoms with Crippen LogP contribution >= 0.6 is 0 Å². The summed E-state index contributed by atoms with van der Waals surface area (Å²) in [6.45, 7) is 8.40. The minimum Gasteiger partial charge on any atom is -0.459 e. The van der Waals surface area contributed by atoms with Crippen LogP contribution in [-0.4, -0.2) is 70.1 Å². The lowest BCUT2D eigenvalue weighted by molar-refractivity contribution is -0.384. The molecule has 0 saturated heterocycles. The third-order valence-electron chi connectivity index (χ3n) is 14.8. The molecule has 1 fully saturated rings. The third kappa shape index (κ3) is 11.7. The van der Waals surface area contributed by atoms with Gasteiger partial charge in [0.15, 0.2) is 0 Å². The van der Waals surface area contributed by atoms with Crippen LogP contribution in [0.2, 0.25) is 0 Å². The van der Waals surface area contributed by atoms with Gasteiger partial charge in [-0.05, 0) is 125 Å². The number of aliphatic hydroxyl groups excluding tert-OH is 2. The SMILES string of the molecule is C=CCCOC(=O)N(Cc1cccc2ccccc12)C1CC(=NOCc2ccc([N+](=O)[O-])cc2)C2=CC(CCCCO)C(CCCCO)C3c4cc(Oc5ccc(-c6ccccc6)cc5)ccc4OC1(OCC=C)C23. The summed E-state index contributed by atoms with van der Waals surface area (Å²) in [5.41, 5.74) is 6.07. The Morgan fingerprint density at radius 1 is 0.827 bits per heavy atom. The predicted octanol–water partition coefficient (Wildman–Crippen LogP) is 13.3. The number of amides is 1. The molecule has 0 bridgehead atoms. The molecule has 0 spiro atoms. The maximum atomic E-state index is 15.1. The van der Waals surface area contributed by atoms with E-state index in [4.69, 9.17) is 28.9 Å². The van der Waals surface area contributed by atoms with Gasteiger partial charge in [0, 0.05) is 43.2 Å². The van der Waals surface area contributed by atoms with Gasteiger partial charge in [0.2, 0.25) is 5.79 Å². The molecule has 1 saturated carbocycles. The molecule has 0 radical (unpaired) electrons. The van der Waals surface area contributed by atoms with E-state index in [0.717, 1.165) is 64.3 Å². The Morgan fingerprint density at radius 2 is 1.55 bits per heavy atom. The fourth-order valence-electron chi connectivity index (χ4n) is 11.3. The summed E-state index contributed by atoms with van der Waals surface area (Å²) in [4.78, 5) is 34.2. The number of hydrogen-bond donors (Lipinski definition) is 2. The molecule has 6 atom stereocenters. The van der Waals surface area contributed by atoms with Gasteiger partial charge in [-0.25, -0.2) is 4.79 Å². The molecule has 1 amide bonds. The highest BCUT2D eigenvalue weighted by molar-refractivity contribution is 6.03. The van der Waals surface area contributed by atoms with Gasteiger partial charge in [0.05, 0.1) is 36.3 Å². The number of nitro groups is 1. The number of oxime groups is 1. The maximum Gasteiger partial charge on any atom is 0.410 e. The van der Waals surface area contributed by atoms with Crippen LogP contribution in [0.1, 0.15) is 74.0 Å². The molecule has 388 valence electrons. The molecule has 13 heteroatoms. The van der Waals surface area contributed by atoms with Crippen LogP contribution < -0.4 is 9.47 Å². The lowest BCUT2D eigenvalue weighted by atomic mass is 9.55. The second-order valence-electron chi connectivity index (χ2n) is 19.4. The molecule has 2 N–H and O–H groups in total. The van der Waals surface area contributed by atoms with Gasteiger partial charge in [0.25, 0.3) is 5.69 Å². The number of carbonyl (C=O) groups excluding carboxylic acids is 1. The Kier molecular flexibility index (Phi) is 17.2. The zero-order valence-corrected chi connectivity index (χ0v) is 42.2. The van der Waals surface area contributed by atoms with Crippen molar-refractivity contribution in [3.05, 3.63) is 203 Å². The summed E-state index contributed by atoms with van der Waals surface area (Å²) >= 11 is 0. The lowest BCUT2D eigenvalue weighted by Gasteiger charge is -2.59. The fourth-order valence-corrected chi connectivity index (χ4v) is 11.3. The summed E-state index contributed by atoms with van der Waals surface area (Å²) in [6, 6.07) is 43.5. The van der Waals surface area contributed by atoms with E-state index in [1.165, 1.54) is 12.1 Å². The first kappa shape index (κ1) is 52.3. The monoisotopic (exact) mass is 1010 g/mol. The van der Waals surface area contributed by atoms with Gasteiger partial charge < -0.3 is 34.0 Å². The van der Waals surface area contributed by atoms with Crippen molar-refractivity contribution >= 4 is 28.3 Å². The second-order valence-corrected chi connectivity index (χ2v) is 19.4. The number of hydrogen-bond acceptors (Lipinski definition) is 11. The Balaban J connectivity index is 1.22. The summed E-state index contributed by atoms with van der Waals surface area (Å²) in [5.74, 6) is -0.672. The first-order valence-corrected chi connectivity index (χ1v) is 26.0. The van der Waals surface area contributed by atoms with Crippen LogP contribution in [0.3, 0.4) is 0 Å². The summed E-state index contributed by atoms with van der Waals surface area (Å²) < 4.78 is 27.6. The van der Waals surface area contributed by atoms with Gasteiger partial charge in [-0.15, -0.1) is 13.2 Å². The Labute approximate surface area is 438 Å². The highest BCUT2D eigenvalue weighted by Gasteiger charge is 2.66. The van der Waals surface area contributed by atoms with Crippen LogP contribution in [0.15, 0.2) is 182 Å². The zero-order valence-electron chi connectivity index (χ0n) is 42.2. The maximum absolute atomic E-state index is 15.1. The van der Waals surface area contributed by atoms with Crippen molar-refractivity contribution in [1.82, 2.24) is 4.90 Å². The van der Waals surface area contributed by atoms with E-state index in [1.54, 1.807) is 29.2 Å². The van der Waals surface area contributed by atoms with Gasteiger partial charge in [-0.1, -0.05) is 121 Å². The topological polar surface area (TPSA) is 162 Å². The fraction of sp³-hybridized carbons (Fsp3) is 0.323. The van der Waals surface area contributed by atoms with Crippen molar-refractivity contribution < 1.29 is 43.7 Å². The molecule has 75 heavy (non-hydrogen) atoms. The molecule has 6 aromatic rings. The number of fused-ring (bicyclic) bond motifs is 3. The molecule has 1 aliphatic heterocycles. The third-order valence-corrected chi connectivity index (χ3v) is 14.8. The zero-order chi connectivity index (χ0) is 52.2. The van der Waals surface area contributed by atoms with Crippen LogP contribution in [0.25, 0.3) is 21.9 Å². The number of rotatable bonds is 24. The number of benzene rings is 6. The number of carbonyl (C=O) groups is 1. The first-order chi connectivity index (χ1) is 36.7. The van der Waals surface area contributed by atoms with Crippen molar-refractivity contribution in [3.8, 4) is 28.4 Å². The first-order valence-electron chi connectivity index (χ1n) is 26.0. The minimum atomic E-state index is -1.56. The number of nitrogens with zero attached hydrogens (tertiary/aromatic N) is 3. The highest BCUT2D eigenvalue weighted by Crippen LogP contribution is 2.62. The van der Waals surface area contributed by atoms with E-state index in [-0.39, 0.29) is 69.4 Å². The minimum absolute atomic E-state index is 0.0169. The summed E-state index contributed by atoms with van der Waals surface area (Å²) in [6.07, 6.45) is 9.95. The smallest absolute Gasteiger partial charge is 0.410 e. The van der Waals surface area contributed by atoms with Crippen molar-refractivity contribution in [3.63, 3.8) is 0 Å². The number of aliphatic hydroxyl groups is 2. The molecule has 2 aliphatic carbocycles. The Morgan fingerprint density at radius 3 is 2.29 bits per heavy atom. The molecule has 3 aliphatic rings. The Bertz CT molecular complexity index is 2990. The van der Waals surface area contributed by atoms with Crippen LogP contribution in [0, 0.1) is 27.9 Å². The number of allylic oxidation sites excluding steroid dienone is 1. The van der Waals surface area contributed by atoms with Gasteiger partial charge in [0.1, 0.15) is 29.9 Å². The van der Waals surface area contributed by atoms with Crippen LogP contribution in [0.4, 0.5) is 10.5 Å². The number of nitro benzene ring substituents is 1. The molecule has 0 aromatic heterocycles. The molecule has 9 rings (SSSR count). The van der Waals surface area contributed by atoms with E-state index in [1.807, 2.05) is 97.1 Å². The Hall–Kier alpha value is -7.58. The number of non-ortho nitro benzene ring substituents is 1. The molecular formula is C62H65N3O10. The summed E-state index contributed by atoms with van der Waals surface area (Å²) in [7, 11) is 0. The highest BCUT2D eigenvalue weighted by atomic mass is 16.7. The van der Waals surface area contributed by atoms with Gasteiger partial charge >= 0.3 is 6.09 Å². The molecule has 6 unspecified atom stereocenters. The quantitative estimate of drug-likeness (QED) is 0.0258. The van der Waals surface area contributed by atoms with Crippen molar-refractivity contribution in [2.75, 3.05) is 26.4 Å². The van der Waals surface area contributed by atoms with E-state index < -0.39 is 28.8 Å². The van der Waals surface area contributed by atoms with E-state index in [2.05, 4.69) is 37.4 Å². The average Bonchev–Trinajstić information content (AvgIpc) is 3.44. The number of unbranched alkanes of at least 4 members (excludes halogenated alkanes) is 2. The molecule has 6 aromatic carbocycles. The van der Waals surface area contributed by atoms with Crippen molar-refractivity contribution in [2.24, 2.45) is 22.9 Å². The van der Waals surface area contributed by atoms with Gasteiger partial charge in [-0.3, -0.25) is 15.0 Å². The van der Waals surface area contributed by atoms with Crippen molar-refractivity contribution in [1.29, 1.82) is 0 Å². The molecule has 13 nitrogen and oxygen atoms in total. The van der Waals surface area contributed by atoms with Crippen LogP contribution in [-0.2, 0) is 27.5 Å². The van der Waals surface area contributed by atoms with Crippen LogP contribution in [0.5, 0.6) is 17.2 Å². The molecular weight excluding hydrogens is 947 g/mol. The standard InChI is InChI=1S/C62H65N3O10/c1-3-5-37-71-61(68)64(41-48-21-15-20-46-18-9-10-22-52(46)48)58-40-56(63-73-42-43-24-28-49(29-25-43)65(69)70)54-38-47(19-11-13-34-66)53(23-12-14-35-67)59-55-39-51(32-33-57(55)75-62(58,60(54)59)72-36-4-2)74-50-30-26-45(27-31-50)44-16-7-6-8-17-44/h3-4,6-10,15-18,20-22,24-33,38-39,47,53,58-60,66-67H,1-2,5,11-14,19,23,34-37,40-42H2. The number of ether oxygens (including phenoxy) is 4. The molecule has 1 heterocycles. The van der Waals surface area contributed by atoms with Gasteiger partial charge in [-0.2, -0.15) is 0 Å². The normalized spacial score (nSPS) is 21.0. The van der Waals surface area contributed by atoms with E-state index in [9.17, 15) is 20.3 Å². The lowest BCUT2D eigenvalue weighted by Crippen LogP contribution is -2.70. The van der Waals surface area contributed by atoms with Crippen molar-refractivity contribution in [2.45, 2.75) is 82.3 Å². The second kappa shape index (κ2) is 24.6. The van der Waals surface area contributed by atoms with E-state index in [0.29, 0.717) is 47.8 Å². The summed E-state index contributed by atoms with van der Waals surface area (Å²) in [5, 5.41) is 38.7. The average molecular weight is 1010 g/mol. The predicted molar refractivity (Wildman–Crippen MR) is 290 cm³/mol. The van der Waals surface area contributed by atoms with E-state index >= 15 is 4.79 Å². The largest absolute Gasteiger partial charge is 0.459 e.